The lowest BCUT2D eigenvalue weighted by atomic mass is 9.91. The van der Waals surface area contributed by atoms with Gasteiger partial charge in [-0.25, -0.2) is 4.79 Å². The molecule has 0 aromatic carbocycles. The van der Waals surface area contributed by atoms with E-state index in [4.69, 9.17) is 4.74 Å². The number of esters is 1. The summed E-state index contributed by atoms with van der Waals surface area (Å²) in [7, 11) is 1.29. The molecule has 1 aliphatic heterocycles. The standard InChI is InChI=1S/C14H24N2O4/c1-6-7-8-14(4)10(17)16(12(19)15-14)9-13(2,3)11(18)20-5/h6-9H2,1-5H3,(H,15,19). The van der Waals surface area contributed by atoms with Crippen LogP contribution in [-0.2, 0) is 14.3 Å². The number of amides is 3. The smallest absolute Gasteiger partial charge is 0.325 e. The van der Waals surface area contributed by atoms with Gasteiger partial charge < -0.3 is 10.1 Å². The highest BCUT2D eigenvalue weighted by molar-refractivity contribution is 6.07. The molecule has 20 heavy (non-hydrogen) atoms. The number of urea groups is 1. The van der Waals surface area contributed by atoms with Crippen molar-refractivity contribution in [1.82, 2.24) is 10.2 Å². The van der Waals surface area contributed by atoms with Crippen LogP contribution >= 0.6 is 0 Å². The van der Waals surface area contributed by atoms with Crippen LogP contribution in [0.15, 0.2) is 0 Å². The Kier molecular flexibility index (Phi) is 4.78. The first-order chi connectivity index (χ1) is 9.18. The highest BCUT2D eigenvalue weighted by atomic mass is 16.5. The zero-order valence-electron chi connectivity index (χ0n) is 12.9. The van der Waals surface area contributed by atoms with Crippen LogP contribution in [0.25, 0.3) is 0 Å². The van der Waals surface area contributed by atoms with Crippen molar-refractivity contribution in [1.29, 1.82) is 0 Å². The normalized spacial score (nSPS) is 22.9. The van der Waals surface area contributed by atoms with Gasteiger partial charge in [0, 0.05) is 6.54 Å². The Bertz CT molecular complexity index is 419. The fourth-order valence-corrected chi connectivity index (χ4v) is 2.33. The highest BCUT2D eigenvalue weighted by Crippen LogP contribution is 2.27. The molecule has 1 N–H and O–H groups in total. The van der Waals surface area contributed by atoms with Crippen molar-refractivity contribution in [2.45, 2.75) is 52.5 Å². The van der Waals surface area contributed by atoms with E-state index in [0.29, 0.717) is 6.42 Å². The lowest BCUT2D eigenvalue weighted by Crippen LogP contribution is -2.46. The molecule has 0 bridgehead atoms. The Labute approximate surface area is 119 Å². The first-order valence-corrected chi connectivity index (χ1v) is 6.90. The maximum atomic E-state index is 12.4. The van der Waals surface area contributed by atoms with Gasteiger partial charge in [0.05, 0.1) is 12.5 Å². The quantitative estimate of drug-likeness (QED) is 0.595. The summed E-state index contributed by atoms with van der Waals surface area (Å²) in [4.78, 5) is 37.2. The lowest BCUT2D eigenvalue weighted by molar-refractivity contribution is -0.152. The second-order valence-electron chi connectivity index (χ2n) is 6.13. The molecule has 0 radical (unpaired) electrons. The monoisotopic (exact) mass is 284 g/mol. The average molecular weight is 284 g/mol. The van der Waals surface area contributed by atoms with Crippen LogP contribution in [0.4, 0.5) is 4.79 Å². The van der Waals surface area contributed by atoms with Crippen molar-refractivity contribution in [3.05, 3.63) is 0 Å². The second kappa shape index (κ2) is 5.81. The molecule has 0 saturated carbocycles. The van der Waals surface area contributed by atoms with Gasteiger partial charge in [0.25, 0.3) is 5.91 Å². The number of hydrogen-bond acceptors (Lipinski definition) is 4. The van der Waals surface area contributed by atoms with Crippen molar-refractivity contribution in [2.24, 2.45) is 5.41 Å². The van der Waals surface area contributed by atoms with Gasteiger partial charge in [-0.1, -0.05) is 19.8 Å². The summed E-state index contributed by atoms with van der Waals surface area (Å²) in [6, 6.07) is -0.439. The summed E-state index contributed by atoms with van der Waals surface area (Å²) in [5.74, 6) is -0.715. The van der Waals surface area contributed by atoms with E-state index >= 15 is 0 Å². The number of unbranched alkanes of at least 4 members (excludes halogenated alkanes) is 1. The third-order valence-electron chi connectivity index (χ3n) is 3.67. The maximum Gasteiger partial charge on any atom is 0.325 e. The minimum atomic E-state index is -0.919. The Balaban J connectivity index is 2.85. The predicted octanol–water partition coefficient (Wildman–Crippen LogP) is 1.69. The van der Waals surface area contributed by atoms with Gasteiger partial charge in [0.15, 0.2) is 0 Å². The minimum Gasteiger partial charge on any atom is -0.469 e. The van der Waals surface area contributed by atoms with Crippen molar-refractivity contribution < 1.29 is 19.1 Å². The summed E-state index contributed by atoms with van der Waals surface area (Å²) < 4.78 is 4.70. The van der Waals surface area contributed by atoms with Crippen LogP contribution in [0, 0.1) is 5.41 Å². The molecule has 0 spiro atoms. The molecule has 0 aromatic heterocycles. The number of nitrogens with zero attached hydrogens (tertiary/aromatic N) is 1. The molecule has 6 nitrogen and oxygen atoms in total. The first-order valence-electron chi connectivity index (χ1n) is 6.90. The molecule has 6 heteroatoms. The van der Waals surface area contributed by atoms with Gasteiger partial charge in [-0.05, 0) is 27.2 Å². The van der Waals surface area contributed by atoms with Crippen LogP contribution in [0.3, 0.4) is 0 Å². The second-order valence-corrected chi connectivity index (χ2v) is 6.13. The molecular formula is C14H24N2O4. The maximum absolute atomic E-state index is 12.4. The number of ether oxygens (including phenoxy) is 1. The van der Waals surface area contributed by atoms with Crippen molar-refractivity contribution in [3.8, 4) is 0 Å². The van der Waals surface area contributed by atoms with Crippen molar-refractivity contribution in [3.63, 3.8) is 0 Å². The molecular weight excluding hydrogens is 260 g/mol. The third-order valence-corrected chi connectivity index (χ3v) is 3.67. The Morgan fingerprint density at radius 3 is 2.50 bits per heavy atom. The molecule has 3 amide bonds. The molecule has 114 valence electrons. The predicted molar refractivity (Wildman–Crippen MR) is 74.0 cm³/mol. The molecule has 1 fully saturated rings. The van der Waals surface area contributed by atoms with E-state index in [2.05, 4.69) is 5.32 Å². The number of carbonyl (C=O) groups is 3. The van der Waals surface area contributed by atoms with Crippen LogP contribution in [0.1, 0.15) is 47.0 Å². The van der Waals surface area contributed by atoms with Crippen molar-refractivity contribution in [2.75, 3.05) is 13.7 Å². The van der Waals surface area contributed by atoms with Crippen LogP contribution < -0.4 is 5.32 Å². The molecule has 1 aliphatic rings. The summed E-state index contributed by atoms with van der Waals surface area (Å²) >= 11 is 0. The zero-order valence-corrected chi connectivity index (χ0v) is 12.9. The van der Waals surface area contributed by atoms with Gasteiger partial charge in [-0.3, -0.25) is 14.5 Å². The molecule has 1 atom stereocenters. The van der Waals surface area contributed by atoms with E-state index in [1.807, 2.05) is 6.92 Å². The molecule has 0 aromatic rings. The lowest BCUT2D eigenvalue weighted by Gasteiger charge is -2.27. The summed E-state index contributed by atoms with van der Waals surface area (Å²) in [5, 5.41) is 2.73. The topological polar surface area (TPSA) is 75.7 Å². The third kappa shape index (κ3) is 3.11. The van der Waals surface area contributed by atoms with Crippen LogP contribution in [-0.4, -0.2) is 42.0 Å². The van der Waals surface area contributed by atoms with E-state index in [-0.39, 0.29) is 12.5 Å². The van der Waals surface area contributed by atoms with Gasteiger partial charge in [-0.15, -0.1) is 0 Å². The zero-order chi connectivity index (χ0) is 15.6. The number of carbonyl (C=O) groups excluding carboxylic acids is 3. The minimum absolute atomic E-state index is 0.0199. The fourth-order valence-electron chi connectivity index (χ4n) is 2.33. The summed E-state index contributed by atoms with van der Waals surface area (Å²) in [5.41, 5.74) is -1.78. The molecule has 1 saturated heterocycles. The molecule has 0 aliphatic carbocycles. The number of nitrogens with one attached hydrogen (secondary N) is 1. The number of hydrogen-bond donors (Lipinski definition) is 1. The Hall–Kier alpha value is -1.59. The van der Waals surface area contributed by atoms with Crippen molar-refractivity contribution >= 4 is 17.9 Å². The highest BCUT2D eigenvalue weighted by Gasteiger charge is 2.49. The van der Waals surface area contributed by atoms with Crippen LogP contribution in [0.2, 0.25) is 0 Å². The van der Waals surface area contributed by atoms with E-state index in [9.17, 15) is 14.4 Å². The largest absolute Gasteiger partial charge is 0.469 e. The van der Waals surface area contributed by atoms with Crippen LogP contribution in [0.5, 0.6) is 0 Å². The molecule has 1 rings (SSSR count). The van der Waals surface area contributed by atoms with E-state index in [1.165, 1.54) is 7.11 Å². The first kappa shape index (κ1) is 16.5. The Morgan fingerprint density at radius 1 is 1.40 bits per heavy atom. The van der Waals surface area contributed by atoms with Gasteiger partial charge in [0.2, 0.25) is 0 Å². The van der Waals surface area contributed by atoms with E-state index in [1.54, 1.807) is 20.8 Å². The Morgan fingerprint density at radius 2 is 2.00 bits per heavy atom. The SMILES string of the molecule is CCCCC1(C)NC(=O)N(CC(C)(C)C(=O)OC)C1=O. The number of imide groups is 1. The van der Waals surface area contributed by atoms with Gasteiger partial charge >= 0.3 is 12.0 Å². The van der Waals surface area contributed by atoms with Gasteiger partial charge in [0.1, 0.15) is 5.54 Å². The molecule has 1 heterocycles. The fraction of sp³-hybridized carbons (Fsp3) is 0.786. The van der Waals surface area contributed by atoms with E-state index in [0.717, 1.165) is 17.7 Å². The number of methoxy groups -OCH3 is 1. The average Bonchev–Trinajstić information content (AvgIpc) is 2.59. The number of rotatable bonds is 6. The molecule has 1 unspecified atom stereocenters. The summed E-state index contributed by atoms with van der Waals surface area (Å²) in [6.45, 7) is 7.09. The van der Waals surface area contributed by atoms with E-state index < -0.39 is 23.0 Å². The van der Waals surface area contributed by atoms with Gasteiger partial charge in [-0.2, -0.15) is 0 Å². The summed E-state index contributed by atoms with van der Waals surface area (Å²) in [6.07, 6.45) is 2.41.